The summed E-state index contributed by atoms with van der Waals surface area (Å²) >= 11 is 0. The van der Waals surface area contributed by atoms with Crippen molar-refractivity contribution in [3.63, 3.8) is 0 Å². The molecule has 0 radical (unpaired) electrons. The van der Waals surface area contributed by atoms with Gasteiger partial charge in [-0.2, -0.15) is 0 Å². The minimum absolute atomic E-state index is 0.00116. The van der Waals surface area contributed by atoms with Gasteiger partial charge in [-0.25, -0.2) is 0 Å². The summed E-state index contributed by atoms with van der Waals surface area (Å²) in [5.74, 6) is 0.895. The van der Waals surface area contributed by atoms with Gasteiger partial charge < -0.3 is 14.5 Å². The number of methoxy groups -OCH3 is 1. The Morgan fingerprint density at radius 3 is 2.62 bits per heavy atom. The summed E-state index contributed by atoms with van der Waals surface area (Å²) in [6.07, 6.45) is 4.76. The van der Waals surface area contributed by atoms with E-state index in [-0.39, 0.29) is 29.9 Å². The zero-order valence-corrected chi connectivity index (χ0v) is 15.5. The maximum atomic E-state index is 13.0. The molecular formula is C21H28N2O3. The van der Waals surface area contributed by atoms with E-state index in [1.54, 1.807) is 7.11 Å². The number of carbonyl (C=O) groups excluding carboxylic acids is 2. The van der Waals surface area contributed by atoms with Crippen LogP contribution in [-0.4, -0.2) is 61.0 Å². The van der Waals surface area contributed by atoms with Gasteiger partial charge in [0.2, 0.25) is 11.8 Å². The Kier molecular flexibility index (Phi) is 4.74. The van der Waals surface area contributed by atoms with E-state index < -0.39 is 0 Å². The van der Waals surface area contributed by atoms with Crippen LogP contribution < -0.4 is 0 Å². The second-order valence-electron chi connectivity index (χ2n) is 8.05. The molecule has 4 rings (SSSR count). The van der Waals surface area contributed by atoms with Gasteiger partial charge in [-0.1, -0.05) is 30.3 Å². The monoisotopic (exact) mass is 356 g/mol. The van der Waals surface area contributed by atoms with Crippen LogP contribution in [0, 0.1) is 5.92 Å². The van der Waals surface area contributed by atoms with E-state index in [1.165, 1.54) is 18.4 Å². The van der Waals surface area contributed by atoms with E-state index in [0.29, 0.717) is 18.9 Å². The zero-order chi connectivity index (χ0) is 18.1. The average Bonchev–Trinajstić information content (AvgIpc) is 3.42. The highest BCUT2D eigenvalue weighted by Gasteiger charge is 2.52. The number of benzene rings is 1. The Morgan fingerprint density at radius 1 is 1.19 bits per heavy atom. The largest absolute Gasteiger partial charge is 0.375 e. The first-order chi connectivity index (χ1) is 12.6. The third kappa shape index (κ3) is 3.13. The molecule has 1 aromatic carbocycles. The van der Waals surface area contributed by atoms with Gasteiger partial charge in [0, 0.05) is 38.6 Å². The summed E-state index contributed by atoms with van der Waals surface area (Å²) in [7, 11) is 1.55. The highest BCUT2D eigenvalue weighted by Crippen LogP contribution is 2.46. The van der Waals surface area contributed by atoms with Crippen molar-refractivity contribution < 1.29 is 14.3 Å². The smallest absolute Gasteiger partial charge is 0.248 e. The van der Waals surface area contributed by atoms with Crippen LogP contribution in [0.15, 0.2) is 30.3 Å². The average molecular weight is 356 g/mol. The van der Waals surface area contributed by atoms with Crippen LogP contribution in [0.2, 0.25) is 0 Å². The van der Waals surface area contributed by atoms with E-state index in [2.05, 4.69) is 29.2 Å². The fourth-order valence-corrected chi connectivity index (χ4v) is 4.85. The maximum absolute atomic E-state index is 13.0. The number of likely N-dealkylation sites (tertiary alicyclic amines) is 2. The minimum atomic E-state index is -0.126. The predicted molar refractivity (Wildman–Crippen MR) is 98.7 cm³/mol. The molecule has 0 N–H and O–H groups in total. The first kappa shape index (κ1) is 17.5. The van der Waals surface area contributed by atoms with Gasteiger partial charge in [0.1, 0.15) is 6.61 Å². The Hall–Kier alpha value is -1.88. The Balaban J connectivity index is 1.66. The molecule has 2 heterocycles. The van der Waals surface area contributed by atoms with Gasteiger partial charge >= 0.3 is 0 Å². The normalized spacial score (nSPS) is 28.8. The molecule has 3 fully saturated rings. The molecule has 1 saturated carbocycles. The topological polar surface area (TPSA) is 49.9 Å². The van der Waals surface area contributed by atoms with Crippen molar-refractivity contribution in [2.75, 3.05) is 33.4 Å². The highest BCUT2D eigenvalue weighted by molar-refractivity contribution is 5.82. The molecule has 140 valence electrons. The first-order valence-corrected chi connectivity index (χ1v) is 9.76. The van der Waals surface area contributed by atoms with Crippen molar-refractivity contribution in [3.05, 3.63) is 35.9 Å². The number of hydrogen-bond acceptors (Lipinski definition) is 3. The predicted octanol–water partition coefficient (Wildman–Crippen LogP) is 2.20. The second kappa shape index (κ2) is 7.03. The number of carbonyl (C=O) groups is 2. The molecule has 5 heteroatoms. The number of amides is 2. The molecule has 1 aliphatic carbocycles. The fraction of sp³-hybridized carbons (Fsp3) is 0.619. The number of rotatable bonds is 5. The fourth-order valence-electron chi connectivity index (χ4n) is 4.85. The molecular weight excluding hydrogens is 328 g/mol. The van der Waals surface area contributed by atoms with Crippen molar-refractivity contribution in [3.8, 4) is 0 Å². The second-order valence-corrected chi connectivity index (χ2v) is 8.05. The molecule has 2 amide bonds. The number of hydrogen-bond donors (Lipinski definition) is 0. The molecule has 3 aliphatic rings. The lowest BCUT2D eigenvalue weighted by Gasteiger charge is -2.36. The van der Waals surface area contributed by atoms with Crippen LogP contribution in [0.25, 0.3) is 0 Å². The van der Waals surface area contributed by atoms with E-state index in [0.717, 1.165) is 25.9 Å². The Labute approximate surface area is 155 Å². The van der Waals surface area contributed by atoms with Crippen molar-refractivity contribution in [2.45, 2.75) is 43.6 Å². The van der Waals surface area contributed by atoms with E-state index in [1.807, 2.05) is 11.0 Å². The SMILES string of the molecule is COCC(=O)N1CC[C@]2(c3ccccc3)CCN(CC3CC3)C(=O)C[C@H]12. The van der Waals surface area contributed by atoms with Crippen molar-refractivity contribution >= 4 is 11.8 Å². The lowest BCUT2D eigenvalue weighted by Crippen LogP contribution is -2.46. The number of ether oxygens (including phenoxy) is 1. The van der Waals surface area contributed by atoms with Crippen LogP contribution in [0.4, 0.5) is 0 Å². The van der Waals surface area contributed by atoms with Gasteiger partial charge in [0.15, 0.2) is 0 Å². The highest BCUT2D eigenvalue weighted by atomic mass is 16.5. The lowest BCUT2D eigenvalue weighted by molar-refractivity contribution is -0.138. The van der Waals surface area contributed by atoms with Gasteiger partial charge in [-0.15, -0.1) is 0 Å². The quantitative estimate of drug-likeness (QED) is 0.813. The molecule has 0 unspecified atom stereocenters. The molecule has 0 aromatic heterocycles. The summed E-state index contributed by atoms with van der Waals surface area (Å²) < 4.78 is 5.09. The molecule has 5 nitrogen and oxygen atoms in total. The number of nitrogens with zero attached hydrogens (tertiary/aromatic N) is 2. The van der Waals surface area contributed by atoms with E-state index in [4.69, 9.17) is 4.74 Å². The molecule has 0 spiro atoms. The van der Waals surface area contributed by atoms with Crippen molar-refractivity contribution in [1.82, 2.24) is 9.80 Å². The van der Waals surface area contributed by atoms with Crippen molar-refractivity contribution in [2.24, 2.45) is 5.92 Å². The summed E-state index contributed by atoms with van der Waals surface area (Å²) in [5, 5.41) is 0. The third-order valence-corrected chi connectivity index (χ3v) is 6.47. The summed E-state index contributed by atoms with van der Waals surface area (Å²) in [5.41, 5.74) is 1.14. The van der Waals surface area contributed by atoms with Crippen molar-refractivity contribution in [1.29, 1.82) is 0 Å². The van der Waals surface area contributed by atoms with Crippen LogP contribution >= 0.6 is 0 Å². The molecule has 2 saturated heterocycles. The molecule has 1 aromatic rings. The Morgan fingerprint density at radius 2 is 1.92 bits per heavy atom. The van der Waals surface area contributed by atoms with Crippen LogP contribution in [0.5, 0.6) is 0 Å². The summed E-state index contributed by atoms with van der Waals surface area (Å²) in [6.45, 7) is 2.48. The van der Waals surface area contributed by atoms with Crippen LogP contribution in [0.1, 0.15) is 37.7 Å². The van der Waals surface area contributed by atoms with Crippen LogP contribution in [0.3, 0.4) is 0 Å². The van der Waals surface area contributed by atoms with Gasteiger partial charge in [0.25, 0.3) is 0 Å². The van der Waals surface area contributed by atoms with E-state index >= 15 is 0 Å². The molecule has 0 bridgehead atoms. The first-order valence-electron chi connectivity index (χ1n) is 9.76. The van der Waals surface area contributed by atoms with Gasteiger partial charge in [-0.3, -0.25) is 9.59 Å². The molecule has 2 aliphatic heterocycles. The summed E-state index contributed by atoms with van der Waals surface area (Å²) in [6, 6.07) is 10.4. The Bertz CT molecular complexity index is 673. The van der Waals surface area contributed by atoms with Gasteiger partial charge in [-0.05, 0) is 37.2 Å². The lowest BCUT2D eigenvalue weighted by atomic mass is 9.71. The number of fused-ring (bicyclic) bond motifs is 1. The molecule has 26 heavy (non-hydrogen) atoms. The third-order valence-electron chi connectivity index (χ3n) is 6.47. The van der Waals surface area contributed by atoms with Crippen LogP contribution in [-0.2, 0) is 19.7 Å². The standard InChI is InChI=1S/C21H28N2O3/c1-26-15-20(25)23-12-10-21(17-5-3-2-4-6-17)9-11-22(14-16-7-8-16)19(24)13-18(21)23/h2-6,16,18H,7-15H2,1H3/t18-,21-/m0/s1. The summed E-state index contributed by atoms with van der Waals surface area (Å²) in [4.78, 5) is 29.6. The minimum Gasteiger partial charge on any atom is -0.375 e. The maximum Gasteiger partial charge on any atom is 0.248 e. The molecule has 2 atom stereocenters. The van der Waals surface area contributed by atoms with E-state index in [9.17, 15) is 9.59 Å². The van der Waals surface area contributed by atoms with Gasteiger partial charge in [0.05, 0.1) is 6.04 Å². The zero-order valence-electron chi connectivity index (χ0n) is 15.5.